The normalized spacial score (nSPS) is 23.2. The van der Waals surface area contributed by atoms with Crippen LogP contribution in [0.1, 0.15) is 39.4 Å². The Kier molecular flexibility index (Phi) is 4.66. The molecule has 6 nitrogen and oxygen atoms in total. The van der Waals surface area contributed by atoms with Crippen LogP contribution in [0.25, 0.3) is 0 Å². The Hall–Kier alpha value is -2.45. The fraction of sp³-hybridized carbons (Fsp3) is 0.429. The highest BCUT2D eigenvalue weighted by molar-refractivity contribution is 6.62. The predicted octanol–water partition coefficient (Wildman–Crippen LogP) is 3.13. The summed E-state index contributed by atoms with van der Waals surface area (Å²) in [5.41, 5.74) is 0.533. The third-order valence-electron chi connectivity index (χ3n) is 6.19. The molecule has 2 saturated heterocycles. The highest BCUT2D eigenvalue weighted by atomic mass is 19.1. The number of rotatable bonds is 3. The molecule has 2 aromatic rings. The molecule has 0 N–H and O–H groups in total. The van der Waals surface area contributed by atoms with Gasteiger partial charge in [-0.2, -0.15) is 0 Å². The smallest absolute Gasteiger partial charge is 0.399 e. The van der Waals surface area contributed by atoms with E-state index in [9.17, 15) is 9.18 Å². The van der Waals surface area contributed by atoms with Gasteiger partial charge in [0.15, 0.2) is 0 Å². The van der Waals surface area contributed by atoms with Crippen LogP contribution in [-0.2, 0) is 9.31 Å². The van der Waals surface area contributed by atoms with Crippen LogP contribution in [0.4, 0.5) is 14.9 Å². The summed E-state index contributed by atoms with van der Waals surface area (Å²) in [4.78, 5) is 20.3. The number of urea groups is 1. The average Bonchev–Trinajstić information content (AvgIpc) is 3.08. The van der Waals surface area contributed by atoms with Gasteiger partial charge in [-0.3, -0.25) is 9.88 Å². The van der Waals surface area contributed by atoms with Crippen LogP contribution < -0.4 is 10.4 Å². The number of hydrogen-bond acceptors (Lipinski definition) is 4. The fourth-order valence-electron chi connectivity index (χ4n) is 3.62. The second-order valence-electron chi connectivity index (χ2n) is 8.57. The summed E-state index contributed by atoms with van der Waals surface area (Å²) in [6.07, 6.45) is 1.70. The molecule has 2 aliphatic heterocycles. The minimum absolute atomic E-state index is 0.186. The third kappa shape index (κ3) is 3.30. The zero-order valence-corrected chi connectivity index (χ0v) is 17.3. The van der Waals surface area contributed by atoms with E-state index in [0.717, 1.165) is 5.69 Å². The molecule has 152 valence electrons. The number of carbonyl (C=O) groups excluding carboxylic acids is 1. The van der Waals surface area contributed by atoms with Crippen LogP contribution in [0.15, 0.2) is 42.6 Å². The quantitative estimate of drug-likeness (QED) is 0.747. The molecule has 2 aliphatic rings. The molecule has 1 atom stereocenters. The third-order valence-corrected chi connectivity index (χ3v) is 6.19. The lowest BCUT2D eigenvalue weighted by Crippen LogP contribution is -2.41. The van der Waals surface area contributed by atoms with E-state index in [-0.39, 0.29) is 12.1 Å². The fourth-order valence-corrected chi connectivity index (χ4v) is 3.62. The molecule has 2 fully saturated rings. The number of nitrogens with zero attached hydrogens (tertiary/aromatic N) is 3. The van der Waals surface area contributed by atoms with Gasteiger partial charge in [-0.05, 0) is 52.0 Å². The number of aromatic nitrogens is 1. The standard InChI is InChI=1S/C21H25BFN3O3/c1-20(2)21(3,4)29-22(28-20)15-10-9-14(12-16(15)23)26-13-18(25(5)19(26)27)17-8-6-7-11-24-17/h6-12,18H,13H2,1-5H3. The zero-order chi connectivity index (χ0) is 21.0. The lowest BCUT2D eigenvalue weighted by Gasteiger charge is -2.32. The number of anilines is 1. The van der Waals surface area contributed by atoms with Crippen molar-refractivity contribution in [3.8, 4) is 0 Å². The van der Waals surface area contributed by atoms with Crippen molar-refractivity contribution in [2.45, 2.75) is 44.9 Å². The minimum Gasteiger partial charge on any atom is -0.399 e. The molecular formula is C21H25BFN3O3. The Morgan fingerprint density at radius 1 is 1.14 bits per heavy atom. The molecule has 29 heavy (non-hydrogen) atoms. The number of amides is 2. The molecule has 3 heterocycles. The van der Waals surface area contributed by atoms with Gasteiger partial charge in [-0.25, -0.2) is 9.18 Å². The van der Waals surface area contributed by atoms with Crippen molar-refractivity contribution >= 4 is 24.3 Å². The summed E-state index contributed by atoms with van der Waals surface area (Å²) in [5.74, 6) is -0.460. The van der Waals surface area contributed by atoms with Gasteiger partial charge in [0, 0.05) is 24.4 Å². The van der Waals surface area contributed by atoms with Gasteiger partial charge >= 0.3 is 13.1 Å². The highest BCUT2D eigenvalue weighted by Gasteiger charge is 2.52. The van der Waals surface area contributed by atoms with Crippen molar-refractivity contribution in [3.05, 3.63) is 54.1 Å². The Bertz CT molecular complexity index is 922. The molecule has 0 radical (unpaired) electrons. The van der Waals surface area contributed by atoms with Gasteiger partial charge in [0.2, 0.25) is 0 Å². The summed E-state index contributed by atoms with van der Waals surface area (Å²) in [5, 5.41) is 0. The Morgan fingerprint density at radius 3 is 2.41 bits per heavy atom. The maximum atomic E-state index is 15.0. The summed E-state index contributed by atoms with van der Waals surface area (Å²) >= 11 is 0. The number of pyridine rings is 1. The van der Waals surface area contributed by atoms with E-state index in [0.29, 0.717) is 17.7 Å². The van der Waals surface area contributed by atoms with Gasteiger partial charge in [0.05, 0.1) is 29.5 Å². The van der Waals surface area contributed by atoms with Crippen molar-refractivity contribution < 1.29 is 18.5 Å². The minimum atomic E-state index is -0.785. The summed E-state index contributed by atoms with van der Waals surface area (Å²) < 4.78 is 26.9. The van der Waals surface area contributed by atoms with E-state index in [1.54, 1.807) is 35.2 Å². The van der Waals surface area contributed by atoms with Crippen molar-refractivity contribution in [2.75, 3.05) is 18.5 Å². The number of likely N-dealkylation sites (N-methyl/N-ethyl adjacent to an activating group) is 1. The van der Waals surface area contributed by atoms with E-state index < -0.39 is 24.1 Å². The van der Waals surface area contributed by atoms with Gasteiger partial charge in [0.25, 0.3) is 0 Å². The lowest BCUT2D eigenvalue weighted by atomic mass is 9.78. The van der Waals surface area contributed by atoms with Crippen LogP contribution in [0, 0.1) is 5.82 Å². The Morgan fingerprint density at radius 2 is 1.83 bits per heavy atom. The molecule has 2 amide bonds. The largest absolute Gasteiger partial charge is 0.497 e. The van der Waals surface area contributed by atoms with Crippen molar-refractivity contribution in [1.29, 1.82) is 0 Å². The summed E-state index contributed by atoms with van der Waals surface area (Å²) in [6.45, 7) is 8.11. The first kappa shape index (κ1) is 19.9. The first-order chi connectivity index (χ1) is 13.6. The summed E-state index contributed by atoms with van der Waals surface area (Å²) in [6, 6.07) is 9.97. The predicted molar refractivity (Wildman–Crippen MR) is 110 cm³/mol. The molecule has 1 aromatic carbocycles. The van der Waals surface area contributed by atoms with Crippen molar-refractivity contribution in [1.82, 2.24) is 9.88 Å². The van der Waals surface area contributed by atoms with Crippen molar-refractivity contribution in [3.63, 3.8) is 0 Å². The van der Waals surface area contributed by atoms with Crippen LogP contribution >= 0.6 is 0 Å². The monoisotopic (exact) mass is 397 g/mol. The lowest BCUT2D eigenvalue weighted by molar-refractivity contribution is 0.00578. The van der Waals surface area contributed by atoms with E-state index in [2.05, 4.69) is 4.98 Å². The van der Waals surface area contributed by atoms with E-state index >= 15 is 0 Å². The Labute approximate surface area is 170 Å². The van der Waals surface area contributed by atoms with E-state index in [1.807, 2.05) is 45.9 Å². The van der Waals surface area contributed by atoms with Crippen LogP contribution in [0.3, 0.4) is 0 Å². The van der Waals surface area contributed by atoms with Gasteiger partial charge in [-0.1, -0.05) is 12.1 Å². The SMILES string of the molecule is CN1C(=O)N(c2ccc(B3OC(C)(C)C(C)(C)O3)c(F)c2)CC1c1ccccn1. The molecule has 1 aromatic heterocycles. The topological polar surface area (TPSA) is 54.9 Å². The number of carbonyl (C=O) groups is 1. The second kappa shape index (κ2) is 6.81. The Balaban J connectivity index is 1.58. The molecule has 0 bridgehead atoms. The van der Waals surface area contributed by atoms with E-state index in [1.165, 1.54) is 6.07 Å². The second-order valence-corrected chi connectivity index (χ2v) is 8.57. The van der Waals surface area contributed by atoms with Gasteiger partial charge < -0.3 is 14.2 Å². The van der Waals surface area contributed by atoms with Crippen LogP contribution in [-0.4, -0.2) is 47.8 Å². The van der Waals surface area contributed by atoms with Crippen LogP contribution in [0.2, 0.25) is 0 Å². The van der Waals surface area contributed by atoms with Gasteiger partial charge in [0.1, 0.15) is 5.82 Å². The van der Waals surface area contributed by atoms with E-state index in [4.69, 9.17) is 9.31 Å². The molecule has 8 heteroatoms. The maximum absolute atomic E-state index is 15.0. The average molecular weight is 397 g/mol. The molecular weight excluding hydrogens is 372 g/mol. The number of hydrogen-bond donors (Lipinski definition) is 0. The molecule has 4 rings (SSSR count). The number of halogens is 1. The summed E-state index contributed by atoms with van der Waals surface area (Å²) in [7, 11) is 0.948. The van der Waals surface area contributed by atoms with Crippen molar-refractivity contribution in [2.24, 2.45) is 0 Å². The molecule has 0 spiro atoms. The zero-order valence-electron chi connectivity index (χ0n) is 17.3. The van der Waals surface area contributed by atoms with Gasteiger partial charge in [-0.15, -0.1) is 0 Å². The number of benzene rings is 1. The maximum Gasteiger partial charge on any atom is 0.497 e. The highest BCUT2D eigenvalue weighted by Crippen LogP contribution is 2.37. The van der Waals surface area contributed by atoms with Crippen LogP contribution in [0.5, 0.6) is 0 Å². The molecule has 0 saturated carbocycles. The first-order valence-electron chi connectivity index (χ1n) is 9.71. The first-order valence-corrected chi connectivity index (χ1v) is 9.71. The molecule has 0 aliphatic carbocycles. The molecule has 1 unspecified atom stereocenters.